The van der Waals surface area contributed by atoms with Gasteiger partial charge >= 0.3 is 0 Å². The highest BCUT2D eigenvalue weighted by Gasteiger charge is 2.10. The molecule has 1 aromatic carbocycles. The summed E-state index contributed by atoms with van der Waals surface area (Å²) in [5, 5.41) is 7.13. The molecule has 1 aromatic heterocycles. The lowest BCUT2D eigenvalue weighted by atomic mass is 10.2. The number of hydrogen-bond acceptors (Lipinski definition) is 4. The number of nitrogens with zero attached hydrogens (tertiary/aromatic N) is 2. The van der Waals surface area contributed by atoms with E-state index in [0.29, 0.717) is 34.2 Å². The van der Waals surface area contributed by atoms with E-state index in [2.05, 4.69) is 45.2 Å². The molecule has 0 unspecified atom stereocenters. The van der Waals surface area contributed by atoms with Crippen molar-refractivity contribution in [2.24, 2.45) is 0 Å². The third-order valence-electron chi connectivity index (χ3n) is 2.48. The first-order valence-corrected chi connectivity index (χ1v) is 6.86. The van der Waals surface area contributed by atoms with Gasteiger partial charge in [0.25, 0.3) is 0 Å². The molecule has 2 rings (SSSR count). The van der Waals surface area contributed by atoms with Gasteiger partial charge in [-0.05, 0) is 18.2 Å². The predicted octanol–water partition coefficient (Wildman–Crippen LogP) is 3.18. The van der Waals surface area contributed by atoms with Gasteiger partial charge in [-0.2, -0.15) is 4.98 Å². The largest absolute Gasteiger partial charge is 0.339 e. The third kappa shape index (κ3) is 4.11. The predicted molar refractivity (Wildman–Crippen MR) is 74.2 cm³/mol. The van der Waals surface area contributed by atoms with Crippen molar-refractivity contribution in [1.29, 1.82) is 0 Å². The van der Waals surface area contributed by atoms with E-state index in [0.717, 1.165) is 6.54 Å². The summed E-state index contributed by atoms with van der Waals surface area (Å²) >= 11 is 3.24. The maximum absolute atomic E-state index is 13.3. The summed E-state index contributed by atoms with van der Waals surface area (Å²) in [4.78, 5) is 4.25. The van der Waals surface area contributed by atoms with Gasteiger partial charge in [-0.1, -0.05) is 34.9 Å². The molecule has 4 nitrogen and oxygen atoms in total. The highest BCUT2D eigenvalue weighted by atomic mass is 79.9. The molecule has 1 N–H and O–H groups in total. The molecular formula is C13H15BrFN3O. The van der Waals surface area contributed by atoms with Crippen LogP contribution < -0.4 is 5.32 Å². The molecule has 0 aliphatic carbocycles. The molecule has 0 amide bonds. The Labute approximate surface area is 119 Å². The van der Waals surface area contributed by atoms with Crippen LogP contribution >= 0.6 is 15.9 Å². The summed E-state index contributed by atoms with van der Waals surface area (Å²) in [6.45, 7) is 4.92. The van der Waals surface area contributed by atoms with Crippen molar-refractivity contribution in [2.45, 2.75) is 26.3 Å². The highest BCUT2D eigenvalue weighted by Crippen LogP contribution is 2.22. The number of nitrogens with one attached hydrogen (secondary N) is 1. The average molecular weight is 328 g/mol. The van der Waals surface area contributed by atoms with Gasteiger partial charge in [0.05, 0.1) is 0 Å². The highest BCUT2D eigenvalue weighted by molar-refractivity contribution is 9.10. The van der Waals surface area contributed by atoms with Gasteiger partial charge in [0, 0.05) is 29.0 Å². The van der Waals surface area contributed by atoms with Gasteiger partial charge in [-0.15, -0.1) is 0 Å². The fourth-order valence-electron chi connectivity index (χ4n) is 1.62. The molecular weight excluding hydrogens is 313 g/mol. The first-order chi connectivity index (χ1) is 9.04. The van der Waals surface area contributed by atoms with E-state index >= 15 is 0 Å². The zero-order valence-corrected chi connectivity index (χ0v) is 12.4. The first kappa shape index (κ1) is 14.1. The van der Waals surface area contributed by atoms with Crippen LogP contribution in [0.25, 0.3) is 11.4 Å². The molecule has 0 fully saturated rings. The van der Waals surface area contributed by atoms with E-state index in [1.807, 2.05) is 0 Å². The number of halogens is 2. The Balaban J connectivity index is 2.07. The molecule has 0 saturated heterocycles. The lowest BCUT2D eigenvalue weighted by Gasteiger charge is -2.04. The van der Waals surface area contributed by atoms with Gasteiger partial charge in [0.2, 0.25) is 11.7 Å². The van der Waals surface area contributed by atoms with Crippen molar-refractivity contribution in [2.75, 3.05) is 6.54 Å². The Bertz CT molecular complexity index is 536. The quantitative estimate of drug-likeness (QED) is 0.916. The second kappa shape index (κ2) is 6.25. The van der Waals surface area contributed by atoms with E-state index in [1.54, 1.807) is 6.07 Å². The standard InChI is InChI=1S/C13H15BrFN3O/c1-8(2)16-4-3-12-17-13(18-19-12)9-5-10(14)7-11(15)6-9/h5-8,16H,3-4H2,1-2H3. The lowest BCUT2D eigenvalue weighted by Crippen LogP contribution is -2.25. The van der Waals surface area contributed by atoms with E-state index in [1.165, 1.54) is 12.1 Å². The Morgan fingerprint density at radius 3 is 2.84 bits per heavy atom. The maximum Gasteiger partial charge on any atom is 0.228 e. The van der Waals surface area contributed by atoms with Crippen molar-refractivity contribution in [3.8, 4) is 11.4 Å². The molecule has 0 aliphatic rings. The Hall–Kier alpha value is -1.27. The van der Waals surface area contributed by atoms with Crippen LogP contribution in [0.15, 0.2) is 27.2 Å². The molecule has 0 aliphatic heterocycles. The Morgan fingerprint density at radius 2 is 2.16 bits per heavy atom. The third-order valence-corrected chi connectivity index (χ3v) is 2.94. The number of benzene rings is 1. The number of rotatable bonds is 5. The van der Waals surface area contributed by atoms with Gasteiger partial charge in [-0.3, -0.25) is 0 Å². The smallest absolute Gasteiger partial charge is 0.228 e. The minimum atomic E-state index is -0.336. The van der Waals surface area contributed by atoms with Crippen molar-refractivity contribution in [3.05, 3.63) is 34.4 Å². The maximum atomic E-state index is 13.3. The van der Waals surface area contributed by atoms with Crippen molar-refractivity contribution >= 4 is 15.9 Å². The van der Waals surface area contributed by atoms with Crippen LogP contribution in [0.5, 0.6) is 0 Å². The van der Waals surface area contributed by atoms with Gasteiger partial charge in [0.15, 0.2) is 0 Å². The van der Waals surface area contributed by atoms with Crippen LogP contribution in [-0.4, -0.2) is 22.7 Å². The zero-order chi connectivity index (χ0) is 13.8. The molecule has 0 bridgehead atoms. The van der Waals surface area contributed by atoms with Crippen molar-refractivity contribution in [1.82, 2.24) is 15.5 Å². The normalized spacial score (nSPS) is 11.2. The fraction of sp³-hybridized carbons (Fsp3) is 0.385. The van der Waals surface area contributed by atoms with Crippen LogP contribution in [0.4, 0.5) is 4.39 Å². The zero-order valence-electron chi connectivity index (χ0n) is 10.8. The molecule has 2 aromatic rings. The van der Waals surface area contributed by atoms with Crippen LogP contribution in [0, 0.1) is 5.82 Å². The van der Waals surface area contributed by atoms with Crippen molar-refractivity contribution in [3.63, 3.8) is 0 Å². The second-order valence-corrected chi connectivity index (χ2v) is 5.44. The summed E-state index contributed by atoms with van der Waals surface area (Å²) < 4.78 is 19.1. The molecule has 0 saturated carbocycles. The summed E-state index contributed by atoms with van der Waals surface area (Å²) in [5.41, 5.74) is 0.596. The topological polar surface area (TPSA) is 51.0 Å². The monoisotopic (exact) mass is 327 g/mol. The molecule has 19 heavy (non-hydrogen) atoms. The second-order valence-electron chi connectivity index (χ2n) is 4.53. The van der Waals surface area contributed by atoms with Gasteiger partial charge in [0.1, 0.15) is 5.82 Å². The van der Waals surface area contributed by atoms with E-state index in [9.17, 15) is 4.39 Å². The Kier molecular flexibility index (Phi) is 4.66. The number of hydrogen-bond donors (Lipinski definition) is 1. The molecule has 0 spiro atoms. The van der Waals surface area contributed by atoms with Crippen LogP contribution in [0.3, 0.4) is 0 Å². The van der Waals surface area contributed by atoms with Crippen LogP contribution in [-0.2, 0) is 6.42 Å². The summed E-state index contributed by atoms with van der Waals surface area (Å²) in [6.07, 6.45) is 0.654. The number of aromatic nitrogens is 2. The van der Waals surface area contributed by atoms with Gasteiger partial charge in [-0.25, -0.2) is 4.39 Å². The molecule has 102 valence electrons. The summed E-state index contributed by atoms with van der Waals surface area (Å²) in [6, 6.07) is 4.94. The van der Waals surface area contributed by atoms with Crippen molar-refractivity contribution < 1.29 is 8.91 Å². The average Bonchev–Trinajstić information content (AvgIpc) is 2.76. The molecule has 0 radical (unpaired) electrons. The minimum absolute atomic E-state index is 0.336. The van der Waals surface area contributed by atoms with E-state index < -0.39 is 0 Å². The van der Waals surface area contributed by atoms with E-state index in [-0.39, 0.29) is 5.82 Å². The fourth-order valence-corrected chi connectivity index (χ4v) is 2.09. The SMILES string of the molecule is CC(C)NCCc1nc(-c2cc(F)cc(Br)c2)no1. The molecule has 6 heteroatoms. The molecule has 0 atom stereocenters. The minimum Gasteiger partial charge on any atom is -0.339 e. The lowest BCUT2D eigenvalue weighted by molar-refractivity contribution is 0.374. The van der Waals surface area contributed by atoms with Crippen LogP contribution in [0.2, 0.25) is 0 Å². The van der Waals surface area contributed by atoms with E-state index in [4.69, 9.17) is 4.52 Å². The van der Waals surface area contributed by atoms with Crippen LogP contribution in [0.1, 0.15) is 19.7 Å². The van der Waals surface area contributed by atoms with Gasteiger partial charge < -0.3 is 9.84 Å². The Morgan fingerprint density at radius 1 is 1.37 bits per heavy atom. The first-order valence-electron chi connectivity index (χ1n) is 6.07. The summed E-state index contributed by atoms with van der Waals surface area (Å²) in [5.74, 6) is 0.612. The molecule has 1 heterocycles. The summed E-state index contributed by atoms with van der Waals surface area (Å²) in [7, 11) is 0.